The van der Waals surface area contributed by atoms with Gasteiger partial charge in [0.2, 0.25) is 0 Å². The molecule has 0 radical (unpaired) electrons. The van der Waals surface area contributed by atoms with Crippen LogP contribution >= 0.6 is 0 Å². The second-order valence-corrected chi connectivity index (χ2v) is 17.9. The van der Waals surface area contributed by atoms with Crippen molar-refractivity contribution < 1.29 is 45.2 Å². The molecule has 8 N–H and O–H groups in total. The standard InChI is InChI=1S/C48H97NO9/c1-3-5-7-9-11-13-15-17-18-19-20-21-22-23-24-25-27-29-31-33-35-37-43(52)49-40(39-57-48-47(56)46(55)45(54)42(38-50)58-48)44(53)41(51)36-34-32-30-28-26-16-14-12-10-8-6-4-2/h40-56H,3-39H2,1-2H3/t40-,41+,42?,43?,44-,45?,46?,47?,48?/m0/s1. The molecule has 0 aromatic rings. The molecule has 9 atom stereocenters. The molecule has 10 nitrogen and oxygen atoms in total. The van der Waals surface area contributed by atoms with E-state index in [0.717, 1.165) is 38.5 Å². The van der Waals surface area contributed by atoms with Crippen LogP contribution in [-0.2, 0) is 9.47 Å². The van der Waals surface area contributed by atoms with Gasteiger partial charge < -0.3 is 45.2 Å². The maximum Gasteiger partial charge on any atom is 0.186 e. The summed E-state index contributed by atoms with van der Waals surface area (Å²) in [5.74, 6) is 0. The van der Waals surface area contributed by atoms with E-state index >= 15 is 0 Å². The highest BCUT2D eigenvalue weighted by Crippen LogP contribution is 2.23. The first-order chi connectivity index (χ1) is 28.3. The predicted molar refractivity (Wildman–Crippen MR) is 238 cm³/mol. The quantitative estimate of drug-likeness (QED) is 0.0219. The zero-order valence-electron chi connectivity index (χ0n) is 37.8. The van der Waals surface area contributed by atoms with E-state index in [1.165, 1.54) is 173 Å². The minimum atomic E-state index is -1.58. The summed E-state index contributed by atoms with van der Waals surface area (Å²) >= 11 is 0. The number of rotatable bonds is 43. The molecule has 1 aliphatic rings. The lowest BCUT2D eigenvalue weighted by Gasteiger charge is -2.40. The molecule has 1 aliphatic heterocycles. The molecule has 1 fully saturated rings. The molecule has 0 bridgehead atoms. The third-order valence-corrected chi connectivity index (χ3v) is 12.4. The van der Waals surface area contributed by atoms with Gasteiger partial charge in [-0.2, -0.15) is 0 Å². The van der Waals surface area contributed by atoms with E-state index in [1.807, 2.05) is 0 Å². The van der Waals surface area contributed by atoms with Crippen LogP contribution in [0.3, 0.4) is 0 Å². The van der Waals surface area contributed by atoms with E-state index in [0.29, 0.717) is 12.8 Å². The van der Waals surface area contributed by atoms with Crippen molar-refractivity contribution in [3.05, 3.63) is 0 Å². The first kappa shape index (κ1) is 55.6. The van der Waals surface area contributed by atoms with Gasteiger partial charge >= 0.3 is 0 Å². The minimum Gasteiger partial charge on any atom is -0.394 e. The van der Waals surface area contributed by atoms with Crippen molar-refractivity contribution in [1.29, 1.82) is 0 Å². The van der Waals surface area contributed by atoms with E-state index < -0.39 is 61.8 Å². The average molecular weight is 832 g/mol. The van der Waals surface area contributed by atoms with Gasteiger partial charge in [0.15, 0.2) is 6.29 Å². The van der Waals surface area contributed by atoms with Crippen molar-refractivity contribution in [2.24, 2.45) is 0 Å². The minimum absolute atomic E-state index is 0.240. The average Bonchev–Trinajstić information content (AvgIpc) is 3.22. The summed E-state index contributed by atoms with van der Waals surface area (Å²) in [6.45, 7) is 3.70. The molecular formula is C48H97NO9. The van der Waals surface area contributed by atoms with Gasteiger partial charge in [0, 0.05) is 0 Å². The molecule has 10 heteroatoms. The van der Waals surface area contributed by atoms with Crippen molar-refractivity contribution in [3.8, 4) is 0 Å². The Hall–Kier alpha value is -0.400. The smallest absolute Gasteiger partial charge is 0.186 e. The van der Waals surface area contributed by atoms with Gasteiger partial charge in [0.05, 0.1) is 31.5 Å². The molecule has 0 aliphatic carbocycles. The van der Waals surface area contributed by atoms with Crippen molar-refractivity contribution in [3.63, 3.8) is 0 Å². The number of hydrogen-bond donors (Lipinski definition) is 8. The molecular weight excluding hydrogens is 735 g/mol. The summed E-state index contributed by atoms with van der Waals surface area (Å²) < 4.78 is 11.2. The third kappa shape index (κ3) is 29.0. The van der Waals surface area contributed by atoms with E-state index in [1.54, 1.807) is 0 Å². The Bertz CT molecular complexity index is 854. The van der Waals surface area contributed by atoms with Crippen molar-refractivity contribution in [2.45, 2.75) is 294 Å². The van der Waals surface area contributed by atoms with Gasteiger partial charge in [-0.05, 0) is 19.3 Å². The largest absolute Gasteiger partial charge is 0.394 e. The Balaban J connectivity index is 2.30. The second-order valence-electron chi connectivity index (χ2n) is 17.9. The lowest BCUT2D eigenvalue weighted by atomic mass is 9.98. The zero-order chi connectivity index (χ0) is 42.5. The van der Waals surface area contributed by atoms with Crippen LogP contribution in [0.4, 0.5) is 0 Å². The lowest BCUT2D eigenvalue weighted by molar-refractivity contribution is -0.303. The van der Waals surface area contributed by atoms with Gasteiger partial charge in [-0.25, -0.2) is 0 Å². The SMILES string of the molecule is CCCCCCCCCCCCCCCCCCCCCCCC(O)N[C@@H](COC1OC(CO)C(O)C(O)C1O)[C@H](O)[C@H](O)CCCCCCCCCCCCCC. The number of unbranched alkanes of at least 4 members (excludes halogenated alkanes) is 31. The van der Waals surface area contributed by atoms with E-state index in [4.69, 9.17) is 9.47 Å². The maximum absolute atomic E-state index is 11.2. The van der Waals surface area contributed by atoms with Crippen LogP contribution in [0.15, 0.2) is 0 Å². The monoisotopic (exact) mass is 832 g/mol. The van der Waals surface area contributed by atoms with E-state index in [-0.39, 0.29) is 6.61 Å². The number of ether oxygens (including phenoxy) is 2. The summed E-state index contributed by atoms with van der Waals surface area (Å²) in [5.41, 5.74) is 0. The Morgan fingerprint density at radius 3 is 1.17 bits per heavy atom. The first-order valence-electron chi connectivity index (χ1n) is 25.0. The Morgan fingerprint density at radius 1 is 0.466 bits per heavy atom. The fourth-order valence-corrected chi connectivity index (χ4v) is 8.38. The molecule has 0 amide bonds. The molecule has 0 saturated carbocycles. The maximum atomic E-state index is 11.2. The first-order valence-corrected chi connectivity index (χ1v) is 25.0. The number of aliphatic hydroxyl groups is 7. The van der Waals surface area contributed by atoms with Crippen LogP contribution < -0.4 is 5.32 Å². The molecule has 348 valence electrons. The third-order valence-electron chi connectivity index (χ3n) is 12.4. The van der Waals surface area contributed by atoms with E-state index in [9.17, 15) is 35.7 Å². The van der Waals surface area contributed by atoms with E-state index in [2.05, 4.69) is 19.2 Å². The molecule has 1 heterocycles. The molecule has 58 heavy (non-hydrogen) atoms. The van der Waals surface area contributed by atoms with Gasteiger partial charge in [0.1, 0.15) is 30.6 Å². The van der Waals surface area contributed by atoms with Crippen LogP contribution in [0.1, 0.15) is 239 Å². The van der Waals surface area contributed by atoms with Crippen LogP contribution in [0, 0.1) is 0 Å². The highest BCUT2D eigenvalue weighted by atomic mass is 16.7. The summed E-state index contributed by atoms with van der Waals surface area (Å²) in [7, 11) is 0. The van der Waals surface area contributed by atoms with Crippen molar-refractivity contribution in [1.82, 2.24) is 5.32 Å². The Kier molecular flexibility index (Phi) is 37.8. The fourth-order valence-electron chi connectivity index (χ4n) is 8.38. The van der Waals surface area contributed by atoms with Crippen LogP contribution in [0.25, 0.3) is 0 Å². The highest BCUT2D eigenvalue weighted by molar-refractivity contribution is 4.90. The fraction of sp³-hybridized carbons (Fsp3) is 1.00. The summed E-state index contributed by atoms with van der Waals surface area (Å²) in [6, 6.07) is -0.885. The summed E-state index contributed by atoms with van der Waals surface area (Å²) in [4.78, 5) is 0. The van der Waals surface area contributed by atoms with Gasteiger partial charge in [-0.3, -0.25) is 5.32 Å². The normalized spacial score (nSPS) is 22.0. The van der Waals surface area contributed by atoms with Gasteiger partial charge in [-0.1, -0.05) is 219 Å². The Morgan fingerprint density at radius 2 is 0.810 bits per heavy atom. The molecule has 1 saturated heterocycles. The predicted octanol–water partition coefficient (Wildman–Crippen LogP) is 9.49. The van der Waals surface area contributed by atoms with Gasteiger partial charge in [0.25, 0.3) is 0 Å². The second kappa shape index (κ2) is 39.4. The topological polar surface area (TPSA) is 172 Å². The molecule has 0 spiro atoms. The summed E-state index contributed by atoms with van der Waals surface area (Å²) in [5, 5.41) is 76.4. The molecule has 0 aromatic heterocycles. The van der Waals surface area contributed by atoms with Crippen LogP contribution in [-0.4, -0.2) is 104 Å². The van der Waals surface area contributed by atoms with Crippen molar-refractivity contribution >= 4 is 0 Å². The molecule has 1 rings (SSSR count). The molecule has 0 aromatic carbocycles. The number of hydrogen-bond acceptors (Lipinski definition) is 10. The number of aliphatic hydroxyl groups excluding tert-OH is 7. The number of nitrogens with one attached hydrogen (secondary N) is 1. The highest BCUT2D eigenvalue weighted by Gasteiger charge is 2.44. The van der Waals surface area contributed by atoms with Crippen LogP contribution in [0.5, 0.6) is 0 Å². The van der Waals surface area contributed by atoms with Crippen LogP contribution in [0.2, 0.25) is 0 Å². The zero-order valence-corrected chi connectivity index (χ0v) is 37.8. The van der Waals surface area contributed by atoms with Gasteiger partial charge in [-0.15, -0.1) is 0 Å². The summed E-state index contributed by atoms with van der Waals surface area (Å²) in [6.07, 6.45) is 32.5. The Labute approximate surface area is 356 Å². The van der Waals surface area contributed by atoms with Crippen molar-refractivity contribution in [2.75, 3.05) is 13.2 Å². The lowest BCUT2D eigenvalue weighted by Crippen LogP contribution is -2.60. The molecule has 6 unspecified atom stereocenters.